The van der Waals surface area contributed by atoms with Gasteiger partial charge in [0.05, 0.1) is 23.1 Å². The first-order chi connectivity index (χ1) is 16.1. The standard InChI is InChI=1S/C23H18ClF2N6OP/c1-12(15-8-13(10-27)4-6-16(15)25)29-22-21-18(31-32-23(22)24)9-17(26)20(30-21)14-5-7-19(28-11-14)34(2,3)33/h4-9,11-12H,1-3H3,(H,29,31)/t12-/m1/s1. The van der Waals surface area contributed by atoms with Gasteiger partial charge in [0.1, 0.15) is 35.4 Å². The maximum absolute atomic E-state index is 14.9. The third kappa shape index (κ3) is 4.60. The van der Waals surface area contributed by atoms with Gasteiger partial charge in [-0.15, -0.1) is 10.2 Å². The molecule has 0 aliphatic rings. The number of fused-ring (bicyclic) bond motifs is 1. The number of hydrogen-bond donors (Lipinski definition) is 1. The predicted octanol–water partition coefficient (Wildman–Crippen LogP) is 5.31. The minimum Gasteiger partial charge on any atom is -0.374 e. The topological polar surface area (TPSA) is 104 Å². The van der Waals surface area contributed by atoms with Gasteiger partial charge in [0.15, 0.2) is 11.0 Å². The highest BCUT2D eigenvalue weighted by Gasteiger charge is 2.20. The molecule has 0 fully saturated rings. The molecule has 0 unspecified atom stereocenters. The Bertz CT molecular complexity index is 1500. The summed E-state index contributed by atoms with van der Waals surface area (Å²) in [5, 5.41) is 19.9. The second-order valence-electron chi connectivity index (χ2n) is 8.02. The number of anilines is 1. The third-order valence-electron chi connectivity index (χ3n) is 5.17. The summed E-state index contributed by atoms with van der Waals surface area (Å²) in [5.74, 6) is -1.15. The number of hydrogen-bond acceptors (Lipinski definition) is 7. The van der Waals surface area contributed by atoms with E-state index < -0.39 is 24.8 Å². The molecule has 11 heteroatoms. The molecule has 1 atom stereocenters. The second kappa shape index (κ2) is 9.05. The van der Waals surface area contributed by atoms with Gasteiger partial charge in [-0.2, -0.15) is 5.26 Å². The Morgan fingerprint density at radius 1 is 1.12 bits per heavy atom. The first-order valence-corrected chi connectivity index (χ1v) is 13.1. The average molecular weight is 499 g/mol. The van der Waals surface area contributed by atoms with Crippen molar-refractivity contribution in [2.24, 2.45) is 0 Å². The third-order valence-corrected chi connectivity index (χ3v) is 6.80. The fraction of sp³-hybridized carbons (Fsp3) is 0.174. The van der Waals surface area contributed by atoms with Gasteiger partial charge in [0, 0.05) is 23.4 Å². The van der Waals surface area contributed by atoms with Crippen LogP contribution < -0.4 is 10.8 Å². The van der Waals surface area contributed by atoms with Crippen molar-refractivity contribution in [1.82, 2.24) is 20.2 Å². The number of nitrogens with one attached hydrogen (secondary N) is 1. The number of halogens is 3. The first-order valence-electron chi connectivity index (χ1n) is 10.1. The zero-order valence-electron chi connectivity index (χ0n) is 18.3. The normalized spacial score (nSPS) is 12.4. The number of nitrogens with zero attached hydrogens (tertiary/aromatic N) is 5. The van der Waals surface area contributed by atoms with Gasteiger partial charge in [0.25, 0.3) is 0 Å². The molecular formula is C23H18ClF2N6OP. The monoisotopic (exact) mass is 498 g/mol. The van der Waals surface area contributed by atoms with Gasteiger partial charge >= 0.3 is 0 Å². The number of rotatable bonds is 5. The van der Waals surface area contributed by atoms with E-state index in [0.29, 0.717) is 16.6 Å². The van der Waals surface area contributed by atoms with E-state index in [1.165, 1.54) is 30.5 Å². The lowest BCUT2D eigenvalue weighted by Crippen LogP contribution is -2.11. The number of aromatic nitrogens is 4. The van der Waals surface area contributed by atoms with Crippen molar-refractivity contribution in [3.8, 4) is 17.3 Å². The van der Waals surface area contributed by atoms with E-state index in [9.17, 15) is 13.3 Å². The van der Waals surface area contributed by atoms with Gasteiger partial charge in [-0.1, -0.05) is 11.6 Å². The smallest absolute Gasteiger partial charge is 0.177 e. The summed E-state index contributed by atoms with van der Waals surface area (Å²) in [6, 6.07) is 9.72. The summed E-state index contributed by atoms with van der Waals surface area (Å²) in [6.07, 6.45) is 1.40. The van der Waals surface area contributed by atoms with Crippen LogP contribution >= 0.6 is 18.7 Å². The van der Waals surface area contributed by atoms with Crippen LogP contribution in [0.3, 0.4) is 0 Å². The minimum atomic E-state index is -2.57. The van der Waals surface area contributed by atoms with E-state index >= 15 is 0 Å². The maximum Gasteiger partial charge on any atom is 0.177 e. The molecule has 0 aliphatic heterocycles. The van der Waals surface area contributed by atoms with Crippen molar-refractivity contribution in [2.75, 3.05) is 18.6 Å². The van der Waals surface area contributed by atoms with Crippen molar-refractivity contribution in [1.29, 1.82) is 5.26 Å². The zero-order valence-corrected chi connectivity index (χ0v) is 20.0. The van der Waals surface area contributed by atoms with Crippen LogP contribution in [0.4, 0.5) is 14.5 Å². The van der Waals surface area contributed by atoms with Gasteiger partial charge in [-0.05, 0) is 50.6 Å². The van der Waals surface area contributed by atoms with Gasteiger partial charge in [-0.25, -0.2) is 13.8 Å². The van der Waals surface area contributed by atoms with Crippen LogP contribution in [-0.2, 0) is 4.57 Å². The quantitative estimate of drug-likeness (QED) is 0.372. The molecule has 4 rings (SSSR count). The molecule has 0 saturated carbocycles. The van der Waals surface area contributed by atoms with E-state index in [-0.39, 0.29) is 33.1 Å². The number of benzene rings is 1. The second-order valence-corrected chi connectivity index (χ2v) is 11.5. The molecule has 4 aromatic rings. The summed E-state index contributed by atoms with van der Waals surface area (Å²) in [4.78, 5) is 8.62. The highest BCUT2D eigenvalue weighted by atomic mass is 35.5. The summed E-state index contributed by atoms with van der Waals surface area (Å²) >= 11 is 6.28. The predicted molar refractivity (Wildman–Crippen MR) is 128 cm³/mol. The Kier molecular flexibility index (Phi) is 6.30. The Labute approximate surface area is 199 Å². The Balaban J connectivity index is 1.80. The highest BCUT2D eigenvalue weighted by molar-refractivity contribution is 7.69. The molecule has 0 amide bonds. The number of nitriles is 1. The first kappa shape index (κ1) is 23.7. The SMILES string of the molecule is C[C@@H](Nc1c(Cl)nnc2cc(F)c(-c3ccc(P(C)(C)=O)nc3)nc12)c1cc(C#N)ccc1F. The highest BCUT2D eigenvalue weighted by Crippen LogP contribution is 2.35. The number of pyridine rings is 2. The van der Waals surface area contributed by atoms with Crippen molar-refractivity contribution in [3.63, 3.8) is 0 Å². The Morgan fingerprint density at radius 2 is 1.88 bits per heavy atom. The Morgan fingerprint density at radius 3 is 2.53 bits per heavy atom. The fourth-order valence-corrected chi connectivity index (χ4v) is 4.35. The average Bonchev–Trinajstić information content (AvgIpc) is 2.80. The molecule has 3 heterocycles. The van der Waals surface area contributed by atoms with Gasteiger partial charge in [-0.3, -0.25) is 4.98 Å². The molecular weight excluding hydrogens is 481 g/mol. The van der Waals surface area contributed by atoms with Crippen molar-refractivity contribution < 1.29 is 13.3 Å². The van der Waals surface area contributed by atoms with Crippen molar-refractivity contribution in [2.45, 2.75) is 13.0 Å². The molecule has 0 radical (unpaired) electrons. The summed E-state index contributed by atoms with van der Waals surface area (Å²) in [6.45, 7) is 4.88. The van der Waals surface area contributed by atoms with Crippen molar-refractivity contribution in [3.05, 3.63) is 70.5 Å². The summed E-state index contributed by atoms with van der Waals surface area (Å²) in [5.41, 5.74) is 1.93. The molecule has 0 spiro atoms. The van der Waals surface area contributed by atoms with Crippen LogP contribution in [0.15, 0.2) is 42.6 Å². The largest absolute Gasteiger partial charge is 0.374 e. The van der Waals surface area contributed by atoms with Gasteiger partial charge < -0.3 is 9.88 Å². The van der Waals surface area contributed by atoms with E-state index in [1.54, 1.807) is 32.4 Å². The molecule has 1 aromatic carbocycles. The molecule has 3 aromatic heterocycles. The molecule has 0 saturated heterocycles. The zero-order chi connectivity index (χ0) is 24.6. The lowest BCUT2D eigenvalue weighted by atomic mass is 10.0. The van der Waals surface area contributed by atoms with E-state index in [4.69, 9.17) is 16.9 Å². The molecule has 172 valence electrons. The minimum absolute atomic E-state index is 0.00832. The lowest BCUT2D eigenvalue weighted by Gasteiger charge is -2.18. The van der Waals surface area contributed by atoms with E-state index in [2.05, 4.69) is 25.5 Å². The van der Waals surface area contributed by atoms with Crippen LogP contribution in [0.1, 0.15) is 24.1 Å². The van der Waals surface area contributed by atoms with Crippen molar-refractivity contribution >= 4 is 40.9 Å². The summed E-state index contributed by atoms with van der Waals surface area (Å²) < 4.78 is 41.6. The van der Waals surface area contributed by atoms with Crippen LogP contribution in [0, 0.1) is 23.0 Å². The molecule has 7 nitrogen and oxygen atoms in total. The summed E-state index contributed by atoms with van der Waals surface area (Å²) in [7, 11) is -2.57. The van der Waals surface area contributed by atoms with E-state index in [1.807, 2.05) is 6.07 Å². The molecule has 1 N–H and O–H groups in total. The Hall–Kier alpha value is -3.47. The van der Waals surface area contributed by atoms with Gasteiger partial charge in [0.2, 0.25) is 0 Å². The molecule has 34 heavy (non-hydrogen) atoms. The van der Waals surface area contributed by atoms with Crippen LogP contribution in [0.2, 0.25) is 5.15 Å². The van der Waals surface area contributed by atoms with Crippen LogP contribution in [0.25, 0.3) is 22.3 Å². The van der Waals surface area contributed by atoms with Crippen LogP contribution in [0.5, 0.6) is 0 Å². The molecule has 0 aliphatic carbocycles. The van der Waals surface area contributed by atoms with Crippen LogP contribution in [-0.4, -0.2) is 33.5 Å². The maximum atomic E-state index is 14.9. The van der Waals surface area contributed by atoms with E-state index in [0.717, 1.165) is 0 Å². The molecule has 0 bridgehead atoms. The fourth-order valence-electron chi connectivity index (χ4n) is 3.40. The lowest BCUT2D eigenvalue weighted by molar-refractivity contribution is 0.587.